The second kappa shape index (κ2) is 7.34. The number of piperidine rings is 1. The van der Waals surface area contributed by atoms with Crippen LogP contribution in [-0.4, -0.2) is 37.3 Å². The number of nitrogens with zero attached hydrogens (tertiary/aromatic N) is 5. The molecule has 0 unspecified atom stereocenters. The van der Waals surface area contributed by atoms with E-state index in [-0.39, 0.29) is 0 Å². The van der Waals surface area contributed by atoms with Gasteiger partial charge in [0, 0.05) is 41.8 Å². The third-order valence-corrected chi connectivity index (χ3v) is 6.84. The Hall–Kier alpha value is -3.03. The molecular weight excluding hydrogens is 394 g/mol. The lowest BCUT2D eigenvalue weighted by Crippen LogP contribution is -2.32. The van der Waals surface area contributed by atoms with E-state index < -0.39 is 0 Å². The first-order valence-corrected chi connectivity index (χ1v) is 11.1. The number of para-hydroxylation sites is 1. The van der Waals surface area contributed by atoms with Gasteiger partial charge in [0.15, 0.2) is 11.4 Å². The maximum Gasteiger partial charge on any atom is 0.155 e. The van der Waals surface area contributed by atoms with Gasteiger partial charge < -0.3 is 8.82 Å². The number of hydrogen-bond acceptors (Lipinski definition) is 6. The summed E-state index contributed by atoms with van der Waals surface area (Å²) in [6.07, 6.45) is 9.89. The largest absolute Gasteiger partial charge is 0.454 e. The van der Waals surface area contributed by atoms with Gasteiger partial charge in [-0.2, -0.15) is 0 Å². The maximum atomic E-state index is 5.99. The van der Waals surface area contributed by atoms with Gasteiger partial charge in [-0.3, -0.25) is 9.88 Å². The molecular formula is C23H21N5OS. The minimum atomic E-state index is 0.523. The van der Waals surface area contributed by atoms with E-state index in [4.69, 9.17) is 9.40 Å². The molecule has 0 bridgehead atoms. The van der Waals surface area contributed by atoms with Crippen molar-refractivity contribution in [2.75, 3.05) is 13.1 Å². The fourth-order valence-electron chi connectivity index (χ4n) is 4.24. The molecule has 0 spiro atoms. The Morgan fingerprint density at radius 2 is 2.03 bits per heavy atom. The van der Waals surface area contributed by atoms with Crippen LogP contribution < -0.4 is 0 Å². The monoisotopic (exact) mass is 415 g/mol. The highest BCUT2D eigenvalue weighted by atomic mass is 32.1. The second-order valence-corrected chi connectivity index (χ2v) is 8.73. The molecule has 7 heteroatoms. The summed E-state index contributed by atoms with van der Waals surface area (Å²) in [4.78, 5) is 16.2. The smallest absolute Gasteiger partial charge is 0.155 e. The molecule has 1 saturated heterocycles. The molecule has 0 aliphatic carbocycles. The normalized spacial score (nSPS) is 16.0. The highest BCUT2D eigenvalue weighted by molar-refractivity contribution is 7.10. The van der Waals surface area contributed by atoms with E-state index in [0.29, 0.717) is 5.92 Å². The van der Waals surface area contributed by atoms with Gasteiger partial charge in [-0.05, 0) is 38.1 Å². The summed E-state index contributed by atoms with van der Waals surface area (Å²) >= 11 is 1.76. The summed E-state index contributed by atoms with van der Waals surface area (Å²) in [5.74, 6) is 1.38. The molecule has 0 radical (unpaired) electrons. The van der Waals surface area contributed by atoms with Crippen LogP contribution in [0.3, 0.4) is 0 Å². The van der Waals surface area contributed by atoms with Crippen LogP contribution >= 0.6 is 11.3 Å². The van der Waals surface area contributed by atoms with Crippen LogP contribution in [0.15, 0.2) is 64.9 Å². The first kappa shape index (κ1) is 17.8. The fraction of sp³-hybridized carbons (Fsp3) is 0.261. The van der Waals surface area contributed by atoms with Crippen molar-refractivity contribution in [1.82, 2.24) is 24.3 Å². The van der Waals surface area contributed by atoms with E-state index in [1.807, 2.05) is 28.8 Å². The molecule has 150 valence electrons. The average molecular weight is 416 g/mol. The molecule has 1 aliphatic heterocycles. The second-order valence-electron chi connectivity index (χ2n) is 7.84. The van der Waals surface area contributed by atoms with E-state index >= 15 is 0 Å². The number of likely N-dealkylation sites (tertiary alicyclic amines) is 1. The van der Waals surface area contributed by atoms with Crippen LogP contribution in [0.4, 0.5) is 0 Å². The number of aromatic nitrogens is 4. The highest BCUT2D eigenvalue weighted by Crippen LogP contribution is 2.34. The number of thiazole rings is 1. The fourth-order valence-corrected chi connectivity index (χ4v) is 5.22. The first-order valence-electron chi connectivity index (χ1n) is 10.3. The minimum absolute atomic E-state index is 0.523. The zero-order chi connectivity index (χ0) is 19.9. The average Bonchev–Trinajstić information content (AvgIpc) is 3.51. The molecule has 1 aliphatic rings. The van der Waals surface area contributed by atoms with Crippen molar-refractivity contribution in [3.8, 4) is 11.5 Å². The predicted molar refractivity (Wildman–Crippen MR) is 118 cm³/mol. The van der Waals surface area contributed by atoms with E-state index in [0.717, 1.165) is 66.2 Å². The lowest BCUT2D eigenvalue weighted by molar-refractivity contribution is 0.203. The Labute approximate surface area is 177 Å². The highest BCUT2D eigenvalue weighted by Gasteiger charge is 2.24. The van der Waals surface area contributed by atoms with Gasteiger partial charge in [-0.1, -0.05) is 18.2 Å². The van der Waals surface area contributed by atoms with Crippen molar-refractivity contribution in [2.24, 2.45) is 0 Å². The molecule has 6 nitrogen and oxygen atoms in total. The van der Waals surface area contributed by atoms with Crippen LogP contribution in [0.2, 0.25) is 0 Å². The number of benzene rings is 1. The molecule has 5 aromatic rings. The van der Waals surface area contributed by atoms with Crippen molar-refractivity contribution in [3.63, 3.8) is 0 Å². The van der Waals surface area contributed by atoms with E-state index in [2.05, 4.69) is 38.6 Å². The number of fused-ring (bicyclic) bond motifs is 2. The molecule has 1 fully saturated rings. The van der Waals surface area contributed by atoms with E-state index in [9.17, 15) is 0 Å². The number of imidazole rings is 1. The van der Waals surface area contributed by atoms with Crippen LogP contribution in [0.5, 0.6) is 0 Å². The topological polar surface area (TPSA) is 59.5 Å². The Morgan fingerprint density at radius 3 is 2.90 bits per heavy atom. The Balaban J connectivity index is 1.12. The molecule has 0 amide bonds. The van der Waals surface area contributed by atoms with Gasteiger partial charge >= 0.3 is 0 Å². The third-order valence-electron chi connectivity index (χ3n) is 5.84. The number of hydrogen-bond donors (Lipinski definition) is 0. The zero-order valence-corrected chi connectivity index (χ0v) is 17.3. The maximum absolute atomic E-state index is 5.99. The Kier molecular flexibility index (Phi) is 4.35. The summed E-state index contributed by atoms with van der Waals surface area (Å²) < 4.78 is 8.02. The van der Waals surface area contributed by atoms with Crippen molar-refractivity contribution < 1.29 is 4.42 Å². The zero-order valence-electron chi connectivity index (χ0n) is 16.4. The lowest BCUT2D eigenvalue weighted by Gasteiger charge is -2.30. The number of rotatable bonds is 4. The molecule has 0 N–H and O–H groups in total. The van der Waals surface area contributed by atoms with Gasteiger partial charge in [0.05, 0.1) is 16.9 Å². The van der Waals surface area contributed by atoms with Gasteiger partial charge in [0.2, 0.25) is 0 Å². The van der Waals surface area contributed by atoms with Gasteiger partial charge in [-0.15, -0.1) is 11.3 Å². The quantitative estimate of drug-likeness (QED) is 0.414. The number of furan rings is 1. The first-order chi connectivity index (χ1) is 14.8. The van der Waals surface area contributed by atoms with Crippen molar-refractivity contribution in [3.05, 3.63) is 71.2 Å². The molecule has 5 heterocycles. The third kappa shape index (κ3) is 3.30. The predicted octanol–water partition coefficient (Wildman–Crippen LogP) is 4.98. The van der Waals surface area contributed by atoms with E-state index in [1.165, 1.54) is 5.01 Å². The Morgan fingerprint density at radius 1 is 1.13 bits per heavy atom. The van der Waals surface area contributed by atoms with E-state index in [1.54, 1.807) is 23.7 Å². The SMILES string of the molecule is c1ccc2oc(-c3csc(C4CCN(Cc5cn6ccncc6n5)CC4)n3)cc2c1. The molecule has 30 heavy (non-hydrogen) atoms. The molecule has 0 saturated carbocycles. The van der Waals surface area contributed by atoms with Crippen molar-refractivity contribution in [2.45, 2.75) is 25.3 Å². The van der Waals surface area contributed by atoms with Gasteiger partial charge in [0.1, 0.15) is 11.3 Å². The Bertz CT molecular complexity index is 1250. The minimum Gasteiger partial charge on any atom is -0.454 e. The van der Waals surface area contributed by atoms with Crippen LogP contribution in [-0.2, 0) is 6.54 Å². The van der Waals surface area contributed by atoms with Gasteiger partial charge in [0.25, 0.3) is 0 Å². The van der Waals surface area contributed by atoms with Crippen LogP contribution in [0.1, 0.15) is 29.5 Å². The summed E-state index contributed by atoms with van der Waals surface area (Å²) in [6.45, 7) is 3.02. The van der Waals surface area contributed by atoms with Gasteiger partial charge in [-0.25, -0.2) is 9.97 Å². The van der Waals surface area contributed by atoms with Crippen LogP contribution in [0, 0.1) is 0 Å². The molecule has 6 rings (SSSR count). The molecule has 4 aromatic heterocycles. The summed E-state index contributed by atoms with van der Waals surface area (Å²) in [7, 11) is 0. The lowest BCUT2D eigenvalue weighted by atomic mass is 9.97. The summed E-state index contributed by atoms with van der Waals surface area (Å²) in [5.41, 5.74) is 3.87. The standard InChI is InChI=1S/C23H21N5OS/c1-2-4-20-17(3-1)11-21(29-20)19-15-30-23(26-19)16-5-8-27(9-6-16)13-18-14-28-10-7-24-12-22(28)25-18/h1-4,7,10-12,14-16H,5-6,8-9,13H2. The van der Waals surface area contributed by atoms with Crippen molar-refractivity contribution in [1.29, 1.82) is 0 Å². The summed E-state index contributed by atoms with van der Waals surface area (Å²) in [6, 6.07) is 10.2. The summed E-state index contributed by atoms with van der Waals surface area (Å²) in [5, 5.41) is 4.48. The van der Waals surface area contributed by atoms with Crippen molar-refractivity contribution >= 4 is 28.0 Å². The molecule has 0 atom stereocenters. The van der Waals surface area contributed by atoms with Crippen LogP contribution in [0.25, 0.3) is 28.1 Å². The molecule has 1 aromatic carbocycles.